The average Bonchev–Trinajstić information content (AvgIpc) is 1.99. The SMILES string of the molecule is CC1OC(c2cccc(N)c2)O1. The Morgan fingerprint density at radius 3 is 2.67 bits per heavy atom. The first-order valence-electron chi connectivity index (χ1n) is 3.92. The van der Waals surface area contributed by atoms with Crippen LogP contribution in [0, 0.1) is 0 Å². The van der Waals surface area contributed by atoms with E-state index < -0.39 is 0 Å². The molecule has 0 spiro atoms. The van der Waals surface area contributed by atoms with Gasteiger partial charge in [0.25, 0.3) is 0 Å². The molecule has 2 N–H and O–H groups in total. The first kappa shape index (κ1) is 7.58. The van der Waals surface area contributed by atoms with Crippen LogP contribution in [-0.4, -0.2) is 6.29 Å². The largest absolute Gasteiger partial charge is 0.399 e. The van der Waals surface area contributed by atoms with Crippen LogP contribution in [0.4, 0.5) is 5.69 Å². The van der Waals surface area contributed by atoms with Crippen LogP contribution in [0.25, 0.3) is 0 Å². The summed E-state index contributed by atoms with van der Waals surface area (Å²) in [6.45, 7) is 1.86. The third-order valence-corrected chi connectivity index (χ3v) is 1.81. The van der Waals surface area contributed by atoms with Crippen molar-refractivity contribution in [2.75, 3.05) is 5.73 Å². The molecule has 0 amide bonds. The molecule has 0 saturated carbocycles. The molecule has 1 aromatic rings. The number of anilines is 1. The van der Waals surface area contributed by atoms with Crippen LogP contribution in [0.5, 0.6) is 0 Å². The van der Waals surface area contributed by atoms with Crippen molar-refractivity contribution in [3.05, 3.63) is 29.8 Å². The van der Waals surface area contributed by atoms with E-state index in [4.69, 9.17) is 15.2 Å². The predicted octanol–water partition coefficient (Wildman–Crippen LogP) is 1.66. The van der Waals surface area contributed by atoms with Gasteiger partial charge < -0.3 is 15.2 Å². The van der Waals surface area contributed by atoms with Gasteiger partial charge in [0.15, 0.2) is 12.6 Å². The van der Waals surface area contributed by atoms with Gasteiger partial charge in [0.05, 0.1) is 0 Å². The molecule has 1 fully saturated rings. The third-order valence-electron chi connectivity index (χ3n) is 1.81. The molecule has 12 heavy (non-hydrogen) atoms. The summed E-state index contributed by atoms with van der Waals surface area (Å²) in [7, 11) is 0. The smallest absolute Gasteiger partial charge is 0.189 e. The summed E-state index contributed by atoms with van der Waals surface area (Å²) in [5.74, 6) is 0. The summed E-state index contributed by atoms with van der Waals surface area (Å²) in [6.07, 6.45) is -0.306. The fourth-order valence-electron chi connectivity index (χ4n) is 1.22. The molecular weight excluding hydrogens is 154 g/mol. The summed E-state index contributed by atoms with van der Waals surface area (Å²) in [5.41, 5.74) is 7.31. The number of hydrogen-bond donors (Lipinski definition) is 1. The fraction of sp³-hybridized carbons (Fsp3) is 0.333. The highest BCUT2D eigenvalue weighted by Crippen LogP contribution is 2.31. The molecule has 1 aromatic carbocycles. The zero-order valence-corrected chi connectivity index (χ0v) is 6.86. The zero-order chi connectivity index (χ0) is 8.55. The summed E-state index contributed by atoms with van der Waals surface area (Å²) in [5, 5.41) is 0. The summed E-state index contributed by atoms with van der Waals surface area (Å²) >= 11 is 0. The van der Waals surface area contributed by atoms with Crippen LogP contribution in [-0.2, 0) is 9.47 Å². The van der Waals surface area contributed by atoms with Crippen LogP contribution < -0.4 is 5.73 Å². The highest BCUT2D eigenvalue weighted by molar-refractivity contribution is 5.41. The van der Waals surface area contributed by atoms with E-state index in [-0.39, 0.29) is 12.6 Å². The fourth-order valence-corrected chi connectivity index (χ4v) is 1.22. The second-order valence-electron chi connectivity index (χ2n) is 2.84. The van der Waals surface area contributed by atoms with Gasteiger partial charge >= 0.3 is 0 Å². The van der Waals surface area contributed by atoms with E-state index in [1.165, 1.54) is 0 Å². The lowest BCUT2D eigenvalue weighted by molar-refractivity contribution is -0.382. The zero-order valence-electron chi connectivity index (χ0n) is 6.86. The van der Waals surface area contributed by atoms with Crippen molar-refractivity contribution in [1.82, 2.24) is 0 Å². The Morgan fingerprint density at radius 2 is 2.08 bits per heavy atom. The molecule has 3 heteroatoms. The lowest BCUT2D eigenvalue weighted by Gasteiger charge is -2.33. The van der Waals surface area contributed by atoms with Crippen molar-refractivity contribution in [3.63, 3.8) is 0 Å². The minimum absolute atomic E-state index is 0.0866. The molecule has 0 aromatic heterocycles. The van der Waals surface area contributed by atoms with Crippen molar-refractivity contribution in [2.24, 2.45) is 0 Å². The lowest BCUT2D eigenvalue weighted by atomic mass is 10.2. The van der Waals surface area contributed by atoms with Gasteiger partial charge in [0.1, 0.15) is 0 Å². The molecule has 0 aliphatic carbocycles. The Morgan fingerprint density at radius 1 is 1.33 bits per heavy atom. The van der Waals surface area contributed by atoms with Crippen molar-refractivity contribution < 1.29 is 9.47 Å². The van der Waals surface area contributed by atoms with E-state index in [1.807, 2.05) is 31.2 Å². The molecule has 0 atom stereocenters. The second-order valence-corrected chi connectivity index (χ2v) is 2.84. The Balaban J connectivity index is 2.13. The van der Waals surface area contributed by atoms with Crippen molar-refractivity contribution in [2.45, 2.75) is 19.5 Å². The van der Waals surface area contributed by atoms with Gasteiger partial charge in [-0.1, -0.05) is 12.1 Å². The predicted molar refractivity (Wildman–Crippen MR) is 45.2 cm³/mol. The highest BCUT2D eigenvalue weighted by atomic mass is 16.9. The van der Waals surface area contributed by atoms with Crippen molar-refractivity contribution >= 4 is 5.69 Å². The number of ether oxygens (including phenoxy) is 2. The minimum atomic E-state index is -0.219. The molecule has 1 heterocycles. The average molecular weight is 165 g/mol. The first-order chi connectivity index (χ1) is 5.75. The van der Waals surface area contributed by atoms with Gasteiger partial charge in [-0.3, -0.25) is 0 Å². The van der Waals surface area contributed by atoms with E-state index in [0.29, 0.717) is 0 Å². The molecule has 1 aliphatic heterocycles. The molecule has 64 valence electrons. The van der Waals surface area contributed by atoms with E-state index >= 15 is 0 Å². The quantitative estimate of drug-likeness (QED) is 0.643. The number of nitrogen functional groups attached to an aromatic ring is 1. The van der Waals surface area contributed by atoms with Gasteiger partial charge in [0, 0.05) is 11.3 Å². The van der Waals surface area contributed by atoms with Crippen LogP contribution in [0.15, 0.2) is 24.3 Å². The number of benzene rings is 1. The third kappa shape index (κ3) is 1.29. The molecule has 1 aliphatic rings. The van der Waals surface area contributed by atoms with Gasteiger partial charge in [-0.2, -0.15) is 0 Å². The first-order valence-corrected chi connectivity index (χ1v) is 3.92. The van der Waals surface area contributed by atoms with Gasteiger partial charge in [-0.15, -0.1) is 0 Å². The normalized spacial score (nSPS) is 28.1. The number of hydrogen-bond acceptors (Lipinski definition) is 3. The maximum atomic E-state index is 5.60. The number of rotatable bonds is 1. The molecule has 0 bridgehead atoms. The maximum absolute atomic E-state index is 5.60. The minimum Gasteiger partial charge on any atom is -0.399 e. The van der Waals surface area contributed by atoms with Crippen LogP contribution >= 0.6 is 0 Å². The Labute approximate surface area is 71.1 Å². The Hall–Kier alpha value is -1.06. The van der Waals surface area contributed by atoms with Crippen LogP contribution in [0.2, 0.25) is 0 Å². The van der Waals surface area contributed by atoms with E-state index in [1.54, 1.807) is 0 Å². The summed E-state index contributed by atoms with van der Waals surface area (Å²) in [6, 6.07) is 7.52. The van der Waals surface area contributed by atoms with Crippen molar-refractivity contribution in [1.29, 1.82) is 0 Å². The highest BCUT2D eigenvalue weighted by Gasteiger charge is 2.28. The molecule has 0 radical (unpaired) electrons. The molecule has 3 nitrogen and oxygen atoms in total. The standard InChI is InChI=1S/C9H11NO2/c1-6-11-9(12-6)7-3-2-4-8(10)5-7/h2-6,9H,10H2,1H3. The van der Waals surface area contributed by atoms with Gasteiger partial charge in [-0.05, 0) is 19.1 Å². The monoisotopic (exact) mass is 165 g/mol. The van der Waals surface area contributed by atoms with Gasteiger partial charge in [0.2, 0.25) is 0 Å². The second kappa shape index (κ2) is 2.77. The molecule has 2 rings (SSSR count). The maximum Gasteiger partial charge on any atom is 0.189 e. The molecule has 0 unspecified atom stereocenters. The van der Waals surface area contributed by atoms with Crippen molar-refractivity contribution in [3.8, 4) is 0 Å². The van der Waals surface area contributed by atoms with Crippen LogP contribution in [0.3, 0.4) is 0 Å². The Bertz CT molecular complexity index is 282. The van der Waals surface area contributed by atoms with E-state index in [9.17, 15) is 0 Å². The van der Waals surface area contributed by atoms with E-state index in [0.717, 1.165) is 11.3 Å². The van der Waals surface area contributed by atoms with Gasteiger partial charge in [-0.25, -0.2) is 0 Å². The summed E-state index contributed by atoms with van der Waals surface area (Å²) < 4.78 is 10.6. The summed E-state index contributed by atoms with van der Waals surface area (Å²) in [4.78, 5) is 0. The molecular formula is C9H11NO2. The van der Waals surface area contributed by atoms with E-state index in [2.05, 4.69) is 0 Å². The van der Waals surface area contributed by atoms with Crippen LogP contribution in [0.1, 0.15) is 18.8 Å². The lowest BCUT2D eigenvalue weighted by Crippen LogP contribution is -2.31. The number of nitrogens with two attached hydrogens (primary N) is 1. The Kier molecular flexibility index (Phi) is 1.75. The molecule has 1 saturated heterocycles. The topological polar surface area (TPSA) is 44.5 Å².